The van der Waals surface area contributed by atoms with E-state index in [2.05, 4.69) is 54.0 Å². The van der Waals surface area contributed by atoms with Gasteiger partial charge in [0.2, 0.25) is 0 Å². The first-order valence-corrected chi connectivity index (χ1v) is 11.8. The predicted molar refractivity (Wildman–Crippen MR) is 118 cm³/mol. The highest BCUT2D eigenvalue weighted by Crippen LogP contribution is 2.55. The van der Waals surface area contributed by atoms with Crippen LogP contribution in [0.1, 0.15) is 86.9 Å². The summed E-state index contributed by atoms with van der Waals surface area (Å²) in [6.07, 6.45) is 11.8. The number of rotatable bonds is 2. The zero-order valence-corrected chi connectivity index (χ0v) is 18.1. The normalized spacial score (nSPS) is 28.6. The first kappa shape index (κ1) is 18.4. The summed E-state index contributed by atoms with van der Waals surface area (Å²) in [6, 6.07) is 11.4. The number of benzene rings is 1. The van der Waals surface area contributed by atoms with Crippen molar-refractivity contribution in [3.8, 4) is 11.3 Å². The van der Waals surface area contributed by atoms with Crippen molar-refractivity contribution in [1.82, 2.24) is 14.9 Å². The fourth-order valence-electron chi connectivity index (χ4n) is 6.90. The fourth-order valence-corrected chi connectivity index (χ4v) is 6.90. The Morgan fingerprint density at radius 2 is 1.87 bits per heavy atom. The quantitative estimate of drug-likeness (QED) is 0.512. The van der Waals surface area contributed by atoms with Crippen LogP contribution in [0.3, 0.4) is 0 Å². The van der Waals surface area contributed by atoms with Gasteiger partial charge in [0.15, 0.2) is 0 Å². The molecule has 4 nitrogen and oxygen atoms in total. The van der Waals surface area contributed by atoms with E-state index in [9.17, 15) is 0 Å². The van der Waals surface area contributed by atoms with Crippen LogP contribution in [0.25, 0.3) is 11.3 Å². The second-order valence-corrected chi connectivity index (χ2v) is 10.0. The zero-order chi connectivity index (χ0) is 20.3. The third kappa shape index (κ3) is 2.58. The molecule has 0 saturated heterocycles. The third-order valence-corrected chi connectivity index (χ3v) is 8.29. The van der Waals surface area contributed by atoms with E-state index < -0.39 is 0 Å². The summed E-state index contributed by atoms with van der Waals surface area (Å²) in [6.45, 7) is 4.84. The highest BCUT2D eigenvalue weighted by atomic mass is 16.5. The van der Waals surface area contributed by atoms with E-state index in [4.69, 9.17) is 9.62 Å². The van der Waals surface area contributed by atoms with Crippen molar-refractivity contribution in [2.45, 2.75) is 82.6 Å². The number of nitrogens with zero attached hydrogens (tertiary/aromatic N) is 3. The van der Waals surface area contributed by atoms with Gasteiger partial charge in [-0.1, -0.05) is 68.6 Å². The molecule has 0 N–H and O–H groups in total. The van der Waals surface area contributed by atoms with E-state index in [1.165, 1.54) is 66.6 Å². The van der Waals surface area contributed by atoms with E-state index in [1.807, 2.05) is 6.20 Å². The van der Waals surface area contributed by atoms with Crippen molar-refractivity contribution in [2.24, 2.45) is 5.92 Å². The average molecular weight is 402 g/mol. The molecule has 0 bridgehead atoms. The minimum absolute atomic E-state index is 0.0863. The Bertz CT molecular complexity index is 1060. The van der Waals surface area contributed by atoms with Crippen LogP contribution in [0, 0.1) is 5.92 Å². The molecule has 2 aromatic heterocycles. The van der Waals surface area contributed by atoms with Crippen LogP contribution in [0.15, 0.2) is 41.1 Å². The number of fused-ring (bicyclic) bond motifs is 4. The molecule has 4 heteroatoms. The van der Waals surface area contributed by atoms with Crippen LogP contribution in [-0.4, -0.2) is 14.9 Å². The molecule has 3 aliphatic rings. The maximum absolute atomic E-state index is 5.70. The van der Waals surface area contributed by atoms with Gasteiger partial charge in [-0.2, -0.15) is 5.10 Å². The molecule has 0 spiro atoms. The smallest absolute Gasteiger partial charge is 0.143 e. The maximum atomic E-state index is 5.70. The largest absolute Gasteiger partial charge is 0.361 e. The summed E-state index contributed by atoms with van der Waals surface area (Å²) < 4.78 is 8.19. The summed E-state index contributed by atoms with van der Waals surface area (Å²) in [5.41, 5.74) is 6.88. The standard InChI is InChI=1S/C26H31N3O/c1-17-22-14-13-21-23(18-9-5-3-6-10-18)28-29(20-11-7-4-8-12-20)25(21)26(22,2)15-19-16-27-30-24(17)19/h3,5-6,9-10,16-17,20,22H,4,7-8,11-15H2,1-2H3/t17-,22-,26-/m1/s1. The molecule has 3 atom stereocenters. The lowest BCUT2D eigenvalue weighted by molar-refractivity contribution is 0.159. The molecular formula is C26H31N3O. The Kier molecular flexibility index (Phi) is 4.19. The molecule has 0 aliphatic heterocycles. The highest BCUT2D eigenvalue weighted by Gasteiger charge is 2.51. The van der Waals surface area contributed by atoms with Gasteiger partial charge in [0, 0.05) is 33.7 Å². The maximum Gasteiger partial charge on any atom is 0.143 e. The molecule has 0 radical (unpaired) electrons. The highest BCUT2D eigenvalue weighted by molar-refractivity contribution is 5.66. The van der Waals surface area contributed by atoms with Crippen LogP contribution in [0.2, 0.25) is 0 Å². The molecule has 30 heavy (non-hydrogen) atoms. The molecule has 156 valence electrons. The molecule has 3 aromatic rings. The van der Waals surface area contributed by atoms with Gasteiger partial charge in [0.25, 0.3) is 0 Å². The van der Waals surface area contributed by atoms with Gasteiger partial charge in [-0.25, -0.2) is 0 Å². The topological polar surface area (TPSA) is 43.9 Å². The molecule has 1 saturated carbocycles. The first-order chi connectivity index (χ1) is 14.7. The van der Waals surface area contributed by atoms with E-state index in [1.54, 1.807) is 0 Å². The third-order valence-electron chi connectivity index (χ3n) is 8.29. The summed E-state index contributed by atoms with van der Waals surface area (Å²) in [7, 11) is 0. The summed E-state index contributed by atoms with van der Waals surface area (Å²) >= 11 is 0. The minimum Gasteiger partial charge on any atom is -0.361 e. The SMILES string of the molecule is C[C@H]1c2oncc2C[C@@]2(C)c3c(c(-c4ccccc4)nn3C3CCCCC3)CC[C@H]12. The lowest BCUT2D eigenvalue weighted by Gasteiger charge is -2.48. The second kappa shape index (κ2) is 6.83. The molecule has 0 unspecified atom stereocenters. The predicted octanol–water partition coefficient (Wildman–Crippen LogP) is 6.22. The van der Waals surface area contributed by atoms with Gasteiger partial charge in [-0.3, -0.25) is 4.68 Å². The first-order valence-electron chi connectivity index (χ1n) is 11.8. The number of aromatic nitrogens is 3. The minimum atomic E-state index is 0.0863. The van der Waals surface area contributed by atoms with Gasteiger partial charge in [0.1, 0.15) is 5.76 Å². The van der Waals surface area contributed by atoms with Crippen LogP contribution in [0.4, 0.5) is 0 Å². The summed E-state index contributed by atoms with van der Waals surface area (Å²) in [4.78, 5) is 0. The van der Waals surface area contributed by atoms with Crippen molar-refractivity contribution < 1.29 is 4.52 Å². The molecule has 1 aromatic carbocycles. The molecule has 2 heterocycles. The zero-order valence-electron chi connectivity index (χ0n) is 18.1. The number of hydrogen-bond donors (Lipinski definition) is 0. The van der Waals surface area contributed by atoms with Crippen molar-refractivity contribution in [3.63, 3.8) is 0 Å². The van der Waals surface area contributed by atoms with Crippen LogP contribution < -0.4 is 0 Å². The van der Waals surface area contributed by atoms with Crippen LogP contribution >= 0.6 is 0 Å². The molecule has 6 rings (SSSR count). The Balaban J connectivity index is 1.56. The lowest BCUT2D eigenvalue weighted by atomic mass is 9.56. The number of hydrogen-bond acceptors (Lipinski definition) is 3. The van der Waals surface area contributed by atoms with Crippen molar-refractivity contribution in [2.75, 3.05) is 0 Å². The van der Waals surface area contributed by atoms with Gasteiger partial charge in [0.05, 0.1) is 17.9 Å². The lowest BCUT2D eigenvalue weighted by Crippen LogP contribution is -2.46. The van der Waals surface area contributed by atoms with Gasteiger partial charge in [-0.15, -0.1) is 0 Å². The average Bonchev–Trinajstić information content (AvgIpc) is 3.40. The molecule has 3 aliphatic carbocycles. The summed E-state index contributed by atoms with van der Waals surface area (Å²) in [5, 5.41) is 9.54. The Morgan fingerprint density at radius 1 is 1.07 bits per heavy atom. The van der Waals surface area contributed by atoms with E-state index in [0.29, 0.717) is 17.9 Å². The van der Waals surface area contributed by atoms with Crippen LogP contribution in [-0.2, 0) is 18.3 Å². The van der Waals surface area contributed by atoms with Crippen molar-refractivity contribution in [1.29, 1.82) is 0 Å². The molecule has 1 fully saturated rings. The van der Waals surface area contributed by atoms with Gasteiger partial charge in [-0.05, 0) is 38.0 Å². The fraction of sp³-hybridized carbons (Fsp3) is 0.538. The Hall–Kier alpha value is -2.36. The van der Waals surface area contributed by atoms with E-state index in [-0.39, 0.29) is 5.41 Å². The van der Waals surface area contributed by atoms with Gasteiger partial charge >= 0.3 is 0 Å². The molecule has 0 amide bonds. The van der Waals surface area contributed by atoms with E-state index >= 15 is 0 Å². The molecular weight excluding hydrogens is 370 g/mol. The van der Waals surface area contributed by atoms with Crippen molar-refractivity contribution in [3.05, 3.63) is 59.1 Å². The Labute approximate surface area is 178 Å². The van der Waals surface area contributed by atoms with E-state index in [0.717, 1.165) is 18.6 Å². The van der Waals surface area contributed by atoms with Gasteiger partial charge < -0.3 is 4.52 Å². The monoisotopic (exact) mass is 401 g/mol. The van der Waals surface area contributed by atoms with Crippen molar-refractivity contribution >= 4 is 0 Å². The summed E-state index contributed by atoms with van der Waals surface area (Å²) in [5.74, 6) is 2.10. The second-order valence-electron chi connectivity index (χ2n) is 10.0. The Morgan fingerprint density at radius 3 is 2.67 bits per heavy atom. The van der Waals surface area contributed by atoms with Crippen LogP contribution in [0.5, 0.6) is 0 Å².